The maximum absolute atomic E-state index is 12.6. The minimum Gasteiger partial charge on any atom is -0.492 e. The van der Waals surface area contributed by atoms with Crippen molar-refractivity contribution in [1.82, 2.24) is 5.32 Å². The van der Waals surface area contributed by atoms with Crippen LogP contribution in [-0.4, -0.2) is 12.5 Å². The number of nitrogens with zero attached hydrogens (tertiary/aromatic N) is 1. The van der Waals surface area contributed by atoms with Crippen LogP contribution in [0.2, 0.25) is 5.02 Å². The fraction of sp³-hybridized carbons (Fsp3) is 0.613. The SMILES string of the molecule is CCCCCCCCCCCCCCCCOc1ccc(C(=O)NCc2cccc[n+]2CC)cc1Cl. The molecule has 0 radical (unpaired) electrons. The van der Waals surface area contributed by atoms with E-state index in [-0.39, 0.29) is 5.91 Å². The van der Waals surface area contributed by atoms with Gasteiger partial charge in [-0.3, -0.25) is 4.79 Å². The molecule has 1 aromatic heterocycles. The van der Waals surface area contributed by atoms with E-state index in [1.54, 1.807) is 18.2 Å². The van der Waals surface area contributed by atoms with Gasteiger partial charge in [0.1, 0.15) is 18.8 Å². The molecule has 1 heterocycles. The van der Waals surface area contributed by atoms with Gasteiger partial charge >= 0.3 is 0 Å². The number of carbonyl (C=O) groups is 1. The molecule has 200 valence electrons. The second-order valence-electron chi connectivity index (χ2n) is 9.75. The van der Waals surface area contributed by atoms with Crippen molar-refractivity contribution in [3.05, 3.63) is 58.9 Å². The van der Waals surface area contributed by atoms with Gasteiger partial charge in [0.05, 0.1) is 11.6 Å². The van der Waals surface area contributed by atoms with E-state index in [2.05, 4.69) is 23.7 Å². The van der Waals surface area contributed by atoms with Gasteiger partial charge in [0, 0.05) is 17.7 Å². The average Bonchev–Trinajstić information content (AvgIpc) is 2.90. The zero-order valence-electron chi connectivity index (χ0n) is 22.7. The van der Waals surface area contributed by atoms with E-state index >= 15 is 0 Å². The molecule has 5 heteroatoms. The lowest BCUT2D eigenvalue weighted by Crippen LogP contribution is -2.39. The molecule has 0 saturated heterocycles. The molecule has 0 bridgehead atoms. The Morgan fingerprint density at radius 3 is 2.03 bits per heavy atom. The molecule has 1 amide bonds. The molecule has 0 aliphatic carbocycles. The largest absolute Gasteiger partial charge is 0.492 e. The third-order valence-corrected chi connectivity index (χ3v) is 7.05. The van der Waals surface area contributed by atoms with Crippen LogP contribution in [0.15, 0.2) is 42.6 Å². The summed E-state index contributed by atoms with van der Waals surface area (Å²) in [7, 11) is 0. The molecule has 0 aliphatic heterocycles. The Labute approximate surface area is 224 Å². The van der Waals surface area contributed by atoms with Crippen molar-refractivity contribution < 1.29 is 14.1 Å². The number of hydrogen-bond acceptors (Lipinski definition) is 2. The Bertz CT molecular complexity index is 871. The number of ether oxygens (including phenoxy) is 1. The molecule has 36 heavy (non-hydrogen) atoms. The first-order chi connectivity index (χ1) is 17.7. The minimum absolute atomic E-state index is 0.137. The van der Waals surface area contributed by atoms with Gasteiger partial charge in [-0.25, -0.2) is 4.57 Å². The molecule has 4 nitrogen and oxygen atoms in total. The van der Waals surface area contributed by atoms with Crippen LogP contribution >= 0.6 is 11.6 Å². The lowest BCUT2D eigenvalue weighted by Gasteiger charge is -2.10. The first-order valence-corrected chi connectivity index (χ1v) is 14.7. The molecule has 0 unspecified atom stereocenters. The highest BCUT2D eigenvalue weighted by atomic mass is 35.5. The van der Waals surface area contributed by atoms with E-state index < -0.39 is 0 Å². The minimum atomic E-state index is -0.137. The number of aromatic nitrogens is 1. The Balaban J connectivity index is 1.53. The van der Waals surface area contributed by atoms with Crippen molar-refractivity contribution in [3.63, 3.8) is 0 Å². The third kappa shape index (κ3) is 12.3. The number of halogens is 1. The zero-order chi connectivity index (χ0) is 25.8. The number of amides is 1. The topological polar surface area (TPSA) is 42.2 Å². The summed E-state index contributed by atoms with van der Waals surface area (Å²) in [6.45, 7) is 6.36. The monoisotopic (exact) mass is 515 g/mol. The van der Waals surface area contributed by atoms with Crippen molar-refractivity contribution in [2.75, 3.05) is 6.61 Å². The highest BCUT2D eigenvalue weighted by Gasteiger charge is 2.12. The number of pyridine rings is 1. The molecule has 0 fully saturated rings. The molecular formula is C31H48ClN2O2+. The Morgan fingerprint density at radius 2 is 1.44 bits per heavy atom. The predicted molar refractivity (Wildman–Crippen MR) is 151 cm³/mol. The number of aryl methyl sites for hydroxylation is 1. The summed E-state index contributed by atoms with van der Waals surface area (Å²) in [5.41, 5.74) is 1.61. The lowest BCUT2D eigenvalue weighted by molar-refractivity contribution is -0.701. The van der Waals surface area contributed by atoms with Crippen molar-refractivity contribution in [1.29, 1.82) is 0 Å². The zero-order valence-corrected chi connectivity index (χ0v) is 23.5. The van der Waals surface area contributed by atoms with Gasteiger partial charge in [0.25, 0.3) is 5.91 Å². The summed E-state index contributed by atoms with van der Waals surface area (Å²) in [5.74, 6) is 0.511. The summed E-state index contributed by atoms with van der Waals surface area (Å²) in [6.07, 6.45) is 20.8. The normalized spacial score (nSPS) is 11.0. The molecular weight excluding hydrogens is 468 g/mol. The molecule has 0 spiro atoms. The van der Waals surface area contributed by atoms with E-state index in [0.717, 1.165) is 18.7 Å². The van der Waals surface area contributed by atoms with Crippen LogP contribution in [0, 0.1) is 0 Å². The molecule has 1 aromatic carbocycles. The number of unbranched alkanes of at least 4 members (excludes halogenated alkanes) is 13. The van der Waals surface area contributed by atoms with Crippen LogP contribution in [0.4, 0.5) is 0 Å². The van der Waals surface area contributed by atoms with E-state index in [9.17, 15) is 4.79 Å². The quantitative estimate of drug-likeness (QED) is 0.142. The molecule has 0 saturated carbocycles. The average molecular weight is 516 g/mol. The van der Waals surface area contributed by atoms with E-state index in [0.29, 0.717) is 29.5 Å². The second kappa shape index (κ2) is 19.1. The Hall–Kier alpha value is -2.07. The summed E-state index contributed by atoms with van der Waals surface area (Å²) in [5, 5.41) is 3.46. The van der Waals surface area contributed by atoms with Crippen LogP contribution in [-0.2, 0) is 13.1 Å². The van der Waals surface area contributed by atoms with Gasteiger partial charge in [-0.2, -0.15) is 0 Å². The summed E-state index contributed by atoms with van der Waals surface area (Å²) >= 11 is 6.39. The fourth-order valence-corrected chi connectivity index (χ4v) is 4.73. The lowest BCUT2D eigenvalue weighted by atomic mass is 10.0. The highest BCUT2D eigenvalue weighted by Crippen LogP contribution is 2.26. The number of hydrogen-bond donors (Lipinski definition) is 1. The van der Waals surface area contributed by atoms with Crippen LogP contribution < -0.4 is 14.6 Å². The van der Waals surface area contributed by atoms with E-state index in [1.807, 2.05) is 24.4 Å². The number of carbonyl (C=O) groups excluding carboxylic acids is 1. The highest BCUT2D eigenvalue weighted by molar-refractivity contribution is 6.32. The van der Waals surface area contributed by atoms with E-state index in [4.69, 9.17) is 16.3 Å². The summed E-state index contributed by atoms with van der Waals surface area (Å²) < 4.78 is 7.98. The number of benzene rings is 1. The van der Waals surface area contributed by atoms with Crippen molar-refractivity contribution in [3.8, 4) is 5.75 Å². The van der Waals surface area contributed by atoms with Gasteiger partial charge in [-0.1, -0.05) is 108 Å². The summed E-state index contributed by atoms with van der Waals surface area (Å²) in [6, 6.07) is 11.3. The second-order valence-corrected chi connectivity index (χ2v) is 10.2. The van der Waals surface area contributed by atoms with Crippen LogP contribution in [0.25, 0.3) is 0 Å². The van der Waals surface area contributed by atoms with Crippen molar-refractivity contribution in [2.24, 2.45) is 0 Å². The summed E-state index contributed by atoms with van der Waals surface area (Å²) in [4.78, 5) is 12.6. The van der Waals surface area contributed by atoms with Gasteiger partial charge in [-0.15, -0.1) is 0 Å². The van der Waals surface area contributed by atoms with Crippen molar-refractivity contribution >= 4 is 17.5 Å². The first-order valence-electron chi connectivity index (χ1n) is 14.3. The maximum atomic E-state index is 12.6. The Kier molecular flexibility index (Phi) is 16.0. The molecule has 2 rings (SSSR count). The number of nitrogens with one attached hydrogen (secondary N) is 1. The van der Waals surface area contributed by atoms with Crippen LogP contribution in [0.3, 0.4) is 0 Å². The van der Waals surface area contributed by atoms with E-state index in [1.165, 1.54) is 83.5 Å². The standard InChI is InChI=1S/C31H47ClN2O2/c1-3-5-6-7-8-9-10-11-12-13-14-15-16-19-24-36-30-22-21-27(25-29(30)32)31(35)33-26-28-20-17-18-23-34(28)4-2/h17-18,20-23,25H,3-16,19,24,26H2,1-2H3/p+1. The van der Waals surface area contributed by atoms with Crippen LogP contribution in [0.5, 0.6) is 5.75 Å². The molecule has 2 aromatic rings. The van der Waals surface area contributed by atoms with Gasteiger partial charge in [0.15, 0.2) is 6.20 Å². The fourth-order valence-electron chi connectivity index (χ4n) is 4.49. The van der Waals surface area contributed by atoms with Crippen molar-refractivity contribution in [2.45, 2.75) is 117 Å². The maximum Gasteiger partial charge on any atom is 0.251 e. The molecule has 0 aliphatic rings. The third-order valence-electron chi connectivity index (χ3n) is 6.75. The Morgan fingerprint density at radius 1 is 0.833 bits per heavy atom. The smallest absolute Gasteiger partial charge is 0.251 e. The predicted octanol–water partition coefficient (Wildman–Crippen LogP) is 8.44. The van der Waals surface area contributed by atoms with Crippen LogP contribution in [0.1, 0.15) is 120 Å². The van der Waals surface area contributed by atoms with Gasteiger partial charge in [0.2, 0.25) is 5.69 Å². The molecule has 1 N–H and O–H groups in total. The molecule has 0 atom stereocenters. The number of rotatable bonds is 20. The first kappa shape index (κ1) is 30.2. The van der Waals surface area contributed by atoms with Gasteiger partial charge in [-0.05, 0) is 31.5 Å². The van der Waals surface area contributed by atoms with Gasteiger partial charge < -0.3 is 10.1 Å².